The molecule has 0 aromatic heterocycles. The number of likely N-dealkylation sites (N-methyl/N-ethyl adjacent to an activating group) is 2. The quantitative estimate of drug-likeness (QED) is 0.0414. The Bertz CT molecular complexity index is 2390. The van der Waals surface area contributed by atoms with Gasteiger partial charge < -0.3 is 5.11 Å². The molecule has 0 aliphatic carbocycles. The summed E-state index contributed by atoms with van der Waals surface area (Å²) in [7, 11) is 19.9. The number of ketones is 3. The van der Waals surface area contributed by atoms with Gasteiger partial charge >= 0.3 is 555 Å². The van der Waals surface area contributed by atoms with Crippen molar-refractivity contribution in [1.82, 2.24) is 29.1 Å². The van der Waals surface area contributed by atoms with E-state index in [0.717, 1.165) is 65.4 Å². The van der Waals surface area contributed by atoms with Crippen LogP contribution in [0.2, 0.25) is 0 Å². The molecule has 93 heavy (non-hydrogen) atoms. The van der Waals surface area contributed by atoms with E-state index in [2.05, 4.69) is 118 Å². The molecule has 6 aliphatic rings. The Morgan fingerprint density at radius 3 is 1.04 bits per heavy atom. The van der Waals surface area contributed by atoms with Crippen molar-refractivity contribution in [3.8, 4) is 0 Å². The van der Waals surface area contributed by atoms with Gasteiger partial charge in [-0.1, -0.05) is 22.3 Å². The number of morpholine rings is 6. The van der Waals surface area contributed by atoms with E-state index in [9.17, 15) is 33.9 Å². The van der Waals surface area contributed by atoms with Crippen molar-refractivity contribution in [2.75, 3.05) is 152 Å². The number of nitrogens with zero attached hydrogens (tertiary/aromatic N) is 5. The number of aliphatic hydroxyl groups excluding tert-OH is 1. The third kappa shape index (κ3) is 39.2. The van der Waals surface area contributed by atoms with Gasteiger partial charge in [0.05, 0.1) is 0 Å². The first-order valence-corrected chi connectivity index (χ1v) is 51.1. The van der Waals surface area contributed by atoms with Crippen LogP contribution in [0.1, 0.15) is 62.3 Å². The van der Waals surface area contributed by atoms with Gasteiger partial charge in [-0.3, -0.25) is 9.59 Å². The number of aliphatic hydroxyl groups is 1. The molecule has 6 aliphatic heterocycles. The molecule has 0 saturated carbocycles. The van der Waals surface area contributed by atoms with Crippen molar-refractivity contribution in [2.45, 2.75) is 135 Å². The number of carboxylic acid groups (broad SMARTS) is 1. The molecule has 0 spiro atoms. The van der Waals surface area contributed by atoms with Crippen molar-refractivity contribution in [3.05, 3.63) is 0 Å². The SMILES string of the molecule is C.C.C.CC(=O)CC(=O)O.CC(=O)CC(=O)OCC1CN([P](C)(=[W])OCC2CN(C)CC([B]P)O2)CC([B]P)O1.CC(=O)CC(=O)OCC1CN([P](C)(=[W])OCC2CNCC([B]P)O2)CC([B]P)O1.CN1CC([B]P)OC(CO[P](C)(=[W])N2CC([B]P)OC(CO)C2)C1. The predicted molar refractivity (Wildman–Crippen MR) is 386 cm³/mol. The van der Waals surface area contributed by atoms with E-state index in [1.807, 2.05) is 42.0 Å². The first kappa shape index (κ1) is 96.1. The second kappa shape index (κ2) is 50.5. The summed E-state index contributed by atoms with van der Waals surface area (Å²) >= 11 is 4.24. The molecule has 21 unspecified atom stereocenters. The van der Waals surface area contributed by atoms with Crippen molar-refractivity contribution < 1.29 is 147 Å². The van der Waals surface area contributed by atoms with E-state index in [-0.39, 0.29) is 151 Å². The number of rotatable bonds is 29. The van der Waals surface area contributed by atoms with Crippen LogP contribution in [0.25, 0.3) is 0 Å². The van der Waals surface area contributed by atoms with Crippen LogP contribution >= 0.6 is 70.5 Å². The number of carbonyl (C=O) groups is 6. The van der Waals surface area contributed by atoms with E-state index in [1.54, 1.807) is 0 Å². The molecule has 0 aromatic carbocycles. The van der Waals surface area contributed by atoms with Gasteiger partial charge in [0.15, 0.2) is 0 Å². The van der Waals surface area contributed by atoms with Gasteiger partial charge in [-0.15, -0.1) is 0 Å². The number of ether oxygens (including phenoxy) is 8. The molecule has 6 saturated heterocycles. The van der Waals surface area contributed by atoms with Crippen molar-refractivity contribution in [1.29, 1.82) is 0 Å². The van der Waals surface area contributed by atoms with Crippen LogP contribution in [0.5, 0.6) is 0 Å². The fourth-order valence-corrected chi connectivity index (χ4v) is 21.7. The van der Waals surface area contributed by atoms with E-state index in [4.69, 9.17) is 56.6 Å². The Morgan fingerprint density at radius 2 is 0.742 bits per heavy atom. The third-order valence-electron chi connectivity index (χ3n) is 13.9. The van der Waals surface area contributed by atoms with Gasteiger partial charge in [0, 0.05) is 0 Å². The number of carbonyl (C=O) groups excluding carboxylic acids is 5. The number of nitrogens with one attached hydrogen (secondary N) is 1. The zero-order valence-electron chi connectivity index (χ0n) is 52.8. The minimum absolute atomic E-state index is 0. The van der Waals surface area contributed by atoms with Crippen LogP contribution in [-0.2, 0) is 137 Å². The van der Waals surface area contributed by atoms with E-state index < -0.39 is 33.7 Å². The number of Topliss-reactive ketones (excluding diaryl/α,β-unsaturated/α-hetero) is 3. The van der Waals surface area contributed by atoms with E-state index in [1.165, 1.54) is 77.2 Å². The molecule has 25 nitrogen and oxygen atoms in total. The molecule has 0 aromatic rings. The maximum absolute atomic E-state index is 11.7. The van der Waals surface area contributed by atoms with Crippen molar-refractivity contribution in [2.24, 2.45) is 0 Å². The van der Waals surface area contributed by atoms with Gasteiger partial charge in [-0.2, -0.15) is 0 Å². The molecule has 3 N–H and O–H groups in total. The number of carboxylic acids is 1. The Hall–Kier alpha value is 3.10. The van der Waals surface area contributed by atoms with Gasteiger partial charge in [-0.05, 0) is 6.92 Å². The summed E-state index contributed by atoms with van der Waals surface area (Å²) in [6, 6.07) is 0.187. The number of esters is 2. The molecule has 6 rings (SSSR count). The molecule has 0 amide bonds. The summed E-state index contributed by atoms with van der Waals surface area (Å²) in [5, 5.41) is 15.5. The van der Waals surface area contributed by atoms with E-state index >= 15 is 0 Å². The average molecular weight is 1990 g/mol. The minimum atomic E-state index is -1.79. The molecule has 530 valence electrons. The van der Waals surface area contributed by atoms with Crippen molar-refractivity contribution >= 4 is 148 Å². The van der Waals surface area contributed by atoms with Crippen LogP contribution in [-0.4, -0.2) is 336 Å². The zero-order chi connectivity index (χ0) is 67.4. The Balaban J connectivity index is 0.00000128. The van der Waals surface area contributed by atoms with Gasteiger partial charge in [0.1, 0.15) is 12.2 Å². The number of hydrogen-bond acceptors (Lipinski definition) is 24. The standard InChI is InChI=1S/C16H31B2N2O6P3.C15H29B2N2O6P3.C12H27B2N2O4P3.C4H6O3.3CH4.3W/c1-11(21)4-16(22)23-9-13-6-20(8-15(18-28)26-13)29(3)24-10-12-5-19(2)7-14(17-27)25-12;1-10(20)3-15(21)22-8-12-6-19(7-14(17-27)25-12)28(2)23-9-11-4-18-5-13(16-26)24-11;1-15-3-10(20-11(5-15)13-21)8-18-23(2)16-4-9(7-17)19-12(6-16)14-22;1-3(5)2-4(6)7;;;;;;/h12-15H,4-10,27-28H2,1-3H3;11-14,18H,3-9,26-27H2,1-2H3;9-12,17H,3-8,21-22H2,1-2H3;2H2,1H3,(H,6,7);3*1H4;;;. The average Bonchev–Trinajstić information content (AvgIpc) is 0.883. The van der Waals surface area contributed by atoms with E-state index in [0.29, 0.717) is 32.9 Å². The molecular formula is C50H105B6N6O19P9W3. The number of aliphatic carboxylic acids is 1. The van der Waals surface area contributed by atoms with Crippen LogP contribution in [0.3, 0.4) is 0 Å². The molecule has 6 heterocycles. The predicted octanol–water partition coefficient (Wildman–Crippen LogP) is 1.50. The second-order valence-corrected chi connectivity index (χ2v) is 54.0. The molecular weight excluding hydrogens is 1880 g/mol. The fourth-order valence-electron chi connectivity index (χ4n) is 9.51. The number of hydrogen-bond donors (Lipinski definition) is 3. The maximum atomic E-state index is 11.7. The monoisotopic (exact) mass is 1990 g/mol. The Morgan fingerprint density at radius 1 is 0.452 bits per heavy atom. The van der Waals surface area contributed by atoms with Gasteiger partial charge in [0.2, 0.25) is 0 Å². The Kier molecular flexibility index (Phi) is 52.2. The molecule has 0 bridgehead atoms. The van der Waals surface area contributed by atoms with Crippen LogP contribution < -0.4 is 5.32 Å². The van der Waals surface area contributed by atoms with Crippen LogP contribution in [0, 0.1) is 0 Å². The van der Waals surface area contributed by atoms with Gasteiger partial charge in [0.25, 0.3) is 0 Å². The van der Waals surface area contributed by atoms with Crippen molar-refractivity contribution in [3.63, 3.8) is 0 Å². The summed E-state index contributed by atoms with van der Waals surface area (Å²) in [6.07, 6.45) is -1.26. The van der Waals surface area contributed by atoms with Crippen LogP contribution in [0.4, 0.5) is 0 Å². The fraction of sp³-hybridized carbons (Fsp3) is 0.880. The first-order valence-electron chi connectivity index (χ1n) is 29.2. The topological polar surface area (TPSA) is 273 Å². The zero-order valence-corrected chi connectivity index (χ0v) is 71.3. The summed E-state index contributed by atoms with van der Waals surface area (Å²) < 4.78 is 72.7. The normalized spacial score (nSPS) is 28.9. The molecule has 6 fully saturated rings. The Labute approximate surface area is 606 Å². The summed E-state index contributed by atoms with van der Waals surface area (Å²) in [4.78, 5) is 69.6. The van der Waals surface area contributed by atoms with Gasteiger partial charge in [-0.25, -0.2) is 0 Å². The summed E-state index contributed by atoms with van der Waals surface area (Å²) in [5.74, 6) is -2.81. The summed E-state index contributed by atoms with van der Waals surface area (Å²) in [5.41, 5.74) is 0. The molecule has 43 heteroatoms. The first-order chi connectivity index (χ1) is 42.4. The second-order valence-electron chi connectivity index (χ2n) is 22.5. The molecule has 21 atom stereocenters. The molecule has 6 radical (unpaired) electrons. The third-order valence-corrected chi connectivity index (χ3v) is 33.3. The summed E-state index contributed by atoms with van der Waals surface area (Å²) in [6.45, 7) is 33.9. The van der Waals surface area contributed by atoms with Crippen LogP contribution in [0.15, 0.2) is 0 Å².